The highest BCUT2D eigenvalue weighted by molar-refractivity contribution is 6.11. The minimum Gasteiger partial charge on any atom is -0.324 e. The van der Waals surface area contributed by atoms with E-state index in [0.717, 1.165) is 28.6 Å². The maximum Gasteiger partial charge on any atom is 0.246 e. The average Bonchev–Trinajstić information content (AvgIpc) is 2.67. The van der Waals surface area contributed by atoms with E-state index in [1.54, 1.807) is 6.20 Å². The molecule has 2 N–H and O–H groups in total. The van der Waals surface area contributed by atoms with E-state index < -0.39 is 0 Å². The summed E-state index contributed by atoms with van der Waals surface area (Å²) < 4.78 is 0. The fourth-order valence-electron chi connectivity index (χ4n) is 2.31. The van der Waals surface area contributed by atoms with E-state index in [4.69, 9.17) is 0 Å². The summed E-state index contributed by atoms with van der Waals surface area (Å²) in [5.74, 6) is 0.0196. The second-order valence-corrected chi connectivity index (χ2v) is 4.11. The number of amides is 1. The van der Waals surface area contributed by atoms with Crippen LogP contribution in [-0.2, 0) is 4.79 Å². The van der Waals surface area contributed by atoms with Crippen LogP contribution in [0.25, 0.3) is 10.8 Å². The molecule has 0 bridgehead atoms. The molecule has 1 amide bonds. The third kappa shape index (κ3) is 1.49. The molecule has 0 radical (unpaired) electrons. The van der Waals surface area contributed by atoms with Crippen LogP contribution in [0, 0.1) is 0 Å². The number of nitrogens with one attached hydrogen (secondary N) is 2. The van der Waals surface area contributed by atoms with Crippen molar-refractivity contribution >= 4 is 22.4 Å². The quantitative estimate of drug-likeness (QED) is 0.823. The molecule has 1 unspecified atom stereocenters. The molecule has 2 heterocycles. The Hall–Kier alpha value is -1.94. The van der Waals surface area contributed by atoms with Gasteiger partial charge in [-0.05, 0) is 12.6 Å². The number of aromatic nitrogens is 1. The lowest BCUT2D eigenvalue weighted by atomic mass is 10.0. The minimum absolute atomic E-state index is 0.0196. The van der Waals surface area contributed by atoms with Gasteiger partial charge < -0.3 is 10.6 Å². The van der Waals surface area contributed by atoms with Crippen LogP contribution < -0.4 is 10.6 Å². The molecule has 0 fully saturated rings. The number of likely N-dealkylation sites (N-methyl/N-ethyl adjacent to an activating group) is 1. The number of carbonyl (C=O) groups is 1. The van der Waals surface area contributed by atoms with E-state index >= 15 is 0 Å². The number of benzene rings is 1. The summed E-state index contributed by atoms with van der Waals surface area (Å²) in [7, 11) is 0. The number of nitrogens with zero attached hydrogens (tertiary/aromatic N) is 1. The van der Waals surface area contributed by atoms with E-state index in [2.05, 4.69) is 15.6 Å². The van der Waals surface area contributed by atoms with Crippen LogP contribution in [0.2, 0.25) is 0 Å². The van der Waals surface area contributed by atoms with Gasteiger partial charge in [0, 0.05) is 28.7 Å². The molecule has 3 rings (SSSR count). The summed E-state index contributed by atoms with van der Waals surface area (Å²) in [6.45, 7) is 2.77. The highest BCUT2D eigenvalue weighted by Crippen LogP contribution is 2.36. The SMILES string of the molecule is CCNC1C(=O)Nc2c1ccc1cnccc21. The van der Waals surface area contributed by atoms with Crippen molar-refractivity contribution < 1.29 is 4.79 Å². The zero-order valence-corrected chi connectivity index (χ0v) is 9.53. The Kier molecular flexibility index (Phi) is 2.30. The fraction of sp³-hybridized carbons (Fsp3) is 0.231. The Morgan fingerprint density at radius 1 is 1.41 bits per heavy atom. The van der Waals surface area contributed by atoms with Crippen LogP contribution in [0.3, 0.4) is 0 Å². The summed E-state index contributed by atoms with van der Waals surface area (Å²) >= 11 is 0. The Morgan fingerprint density at radius 3 is 3.12 bits per heavy atom. The van der Waals surface area contributed by atoms with E-state index in [1.165, 1.54) is 0 Å². The van der Waals surface area contributed by atoms with Gasteiger partial charge in [-0.2, -0.15) is 0 Å². The maximum atomic E-state index is 11.9. The van der Waals surface area contributed by atoms with Crippen molar-refractivity contribution in [1.82, 2.24) is 10.3 Å². The molecule has 1 aromatic heterocycles. The summed E-state index contributed by atoms with van der Waals surface area (Å²) in [6, 6.07) is 5.70. The van der Waals surface area contributed by atoms with Gasteiger partial charge in [0.15, 0.2) is 0 Å². The first-order chi connectivity index (χ1) is 8.31. The zero-order valence-electron chi connectivity index (χ0n) is 9.53. The second kappa shape index (κ2) is 3.82. The van der Waals surface area contributed by atoms with Gasteiger partial charge in [-0.15, -0.1) is 0 Å². The van der Waals surface area contributed by atoms with Gasteiger partial charge in [0.1, 0.15) is 6.04 Å². The van der Waals surface area contributed by atoms with Crippen LogP contribution in [0.4, 0.5) is 5.69 Å². The number of pyridine rings is 1. The molecule has 4 heteroatoms. The lowest BCUT2D eigenvalue weighted by molar-refractivity contribution is -0.117. The van der Waals surface area contributed by atoms with Crippen LogP contribution in [-0.4, -0.2) is 17.4 Å². The molecular weight excluding hydrogens is 214 g/mol. The van der Waals surface area contributed by atoms with Crippen molar-refractivity contribution in [3.05, 3.63) is 36.2 Å². The number of carbonyl (C=O) groups excluding carboxylic acids is 1. The largest absolute Gasteiger partial charge is 0.324 e. The molecule has 0 saturated carbocycles. The first-order valence-corrected chi connectivity index (χ1v) is 5.72. The molecule has 1 aromatic carbocycles. The lowest BCUT2D eigenvalue weighted by Gasteiger charge is -2.09. The van der Waals surface area contributed by atoms with Gasteiger partial charge in [-0.1, -0.05) is 19.1 Å². The van der Waals surface area contributed by atoms with Crippen molar-refractivity contribution in [3.8, 4) is 0 Å². The molecule has 1 atom stereocenters. The molecule has 0 saturated heterocycles. The molecule has 4 nitrogen and oxygen atoms in total. The topological polar surface area (TPSA) is 54.0 Å². The number of fused-ring (bicyclic) bond motifs is 3. The smallest absolute Gasteiger partial charge is 0.246 e. The van der Waals surface area contributed by atoms with Crippen molar-refractivity contribution in [1.29, 1.82) is 0 Å². The molecule has 86 valence electrons. The minimum atomic E-state index is -0.229. The molecule has 1 aliphatic heterocycles. The first kappa shape index (κ1) is 10.2. The molecule has 0 spiro atoms. The number of anilines is 1. The molecule has 0 aliphatic carbocycles. The van der Waals surface area contributed by atoms with Crippen LogP contribution in [0.1, 0.15) is 18.5 Å². The number of hydrogen-bond donors (Lipinski definition) is 2. The Morgan fingerprint density at radius 2 is 2.29 bits per heavy atom. The van der Waals surface area contributed by atoms with E-state index in [1.807, 2.05) is 31.3 Å². The van der Waals surface area contributed by atoms with E-state index in [-0.39, 0.29) is 11.9 Å². The van der Waals surface area contributed by atoms with Gasteiger partial charge in [0.2, 0.25) is 5.91 Å². The Bertz CT molecular complexity index is 594. The molecule has 2 aromatic rings. The predicted octanol–water partition coefficient (Wildman–Crippen LogP) is 1.84. The summed E-state index contributed by atoms with van der Waals surface area (Å²) in [6.07, 6.45) is 3.55. The number of hydrogen-bond acceptors (Lipinski definition) is 3. The van der Waals surface area contributed by atoms with E-state index in [9.17, 15) is 4.79 Å². The Balaban J connectivity index is 2.20. The molecule has 1 aliphatic rings. The fourth-order valence-corrected chi connectivity index (χ4v) is 2.31. The van der Waals surface area contributed by atoms with E-state index in [0.29, 0.717) is 0 Å². The monoisotopic (exact) mass is 227 g/mol. The molecule has 17 heavy (non-hydrogen) atoms. The first-order valence-electron chi connectivity index (χ1n) is 5.72. The average molecular weight is 227 g/mol. The third-order valence-corrected chi connectivity index (χ3v) is 3.08. The van der Waals surface area contributed by atoms with Crippen LogP contribution >= 0.6 is 0 Å². The Labute approximate surface area is 99.0 Å². The van der Waals surface area contributed by atoms with Gasteiger partial charge in [-0.3, -0.25) is 9.78 Å². The predicted molar refractivity (Wildman–Crippen MR) is 66.8 cm³/mol. The van der Waals surface area contributed by atoms with Crippen molar-refractivity contribution in [2.24, 2.45) is 0 Å². The lowest BCUT2D eigenvalue weighted by Crippen LogP contribution is -2.27. The third-order valence-electron chi connectivity index (χ3n) is 3.08. The summed E-state index contributed by atoms with van der Waals surface area (Å²) in [4.78, 5) is 16.0. The van der Waals surface area contributed by atoms with Crippen LogP contribution in [0.5, 0.6) is 0 Å². The zero-order chi connectivity index (χ0) is 11.8. The number of rotatable bonds is 2. The van der Waals surface area contributed by atoms with Gasteiger partial charge in [-0.25, -0.2) is 0 Å². The maximum absolute atomic E-state index is 11.9. The summed E-state index contributed by atoms with van der Waals surface area (Å²) in [5.41, 5.74) is 1.94. The van der Waals surface area contributed by atoms with Crippen molar-refractivity contribution in [2.45, 2.75) is 13.0 Å². The van der Waals surface area contributed by atoms with Gasteiger partial charge >= 0.3 is 0 Å². The highest BCUT2D eigenvalue weighted by atomic mass is 16.2. The van der Waals surface area contributed by atoms with Crippen molar-refractivity contribution in [3.63, 3.8) is 0 Å². The van der Waals surface area contributed by atoms with Crippen molar-refractivity contribution in [2.75, 3.05) is 11.9 Å². The highest BCUT2D eigenvalue weighted by Gasteiger charge is 2.30. The van der Waals surface area contributed by atoms with Gasteiger partial charge in [0.05, 0.1) is 5.69 Å². The molecular formula is C13H13N3O. The van der Waals surface area contributed by atoms with Crippen LogP contribution in [0.15, 0.2) is 30.6 Å². The normalized spacial score (nSPS) is 18.2. The second-order valence-electron chi connectivity index (χ2n) is 4.11. The standard InChI is InChI=1S/C13H13N3O/c1-2-15-12-10-4-3-8-7-14-6-5-9(8)11(10)16-13(12)17/h3-7,12,15H,2H2,1H3,(H,16,17). The van der Waals surface area contributed by atoms with Gasteiger partial charge in [0.25, 0.3) is 0 Å². The summed E-state index contributed by atoms with van der Waals surface area (Å²) in [5, 5.41) is 8.23.